The second-order valence-corrected chi connectivity index (χ2v) is 5.81. The van der Waals surface area contributed by atoms with Crippen LogP contribution in [0.25, 0.3) is 5.69 Å². The van der Waals surface area contributed by atoms with Crippen LogP contribution in [-0.4, -0.2) is 57.5 Å². The van der Waals surface area contributed by atoms with Crippen molar-refractivity contribution in [2.45, 2.75) is 25.0 Å². The Labute approximate surface area is 139 Å². The number of carboxylic acids is 1. The number of aliphatic carboxylic acids is 1. The van der Waals surface area contributed by atoms with Gasteiger partial charge in [-0.1, -0.05) is 18.2 Å². The number of carboxylic acid groups (broad SMARTS) is 1. The van der Waals surface area contributed by atoms with Crippen molar-refractivity contribution < 1.29 is 19.4 Å². The van der Waals surface area contributed by atoms with E-state index in [9.17, 15) is 9.59 Å². The zero-order chi connectivity index (χ0) is 17.1. The molecule has 1 saturated heterocycles. The van der Waals surface area contributed by atoms with Gasteiger partial charge < -0.3 is 14.7 Å². The molecule has 1 amide bonds. The molecule has 3 rings (SSSR count). The second kappa shape index (κ2) is 6.84. The van der Waals surface area contributed by atoms with Crippen LogP contribution in [0.3, 0.4) is 0 Å². The molecule has 7 nitrogen and oxygen atoms in total. The molecule has 1 aliphatic rings. The lowest BCUT2D eigenvalue weighted by Crippen LogP contribution is -2.37. The maximum Gasteiger partial charge on any atom is 0.305 e. The van der Waals surface area contributed by atoms with Crippen molar-refractivity contribution in [1.82, 2.24) is 14.7 Å². The SMILES string of the molecule is COC1CC(CC(=O)O)N(C(=O)c2cnn(-c3ccccc3)c2)C1. The monoisotopic (exact) mass is 329 g/mol. The molecule has 2 unspecified atom stereocenters. The van der Waals surface area contributed by atoms with E-state index < -0.39 is 5.97 Å². The molecule has 1 aliphatic heterocycles. The summed E-state index contributed by atoms with van der Waals surface area (Å²) in [7, 11) is 1.57. The van der Waals surface area contributed by atoms with E-state index in [-0.39, 0.29) is 24.5 Å². The number of para-hydroxylation sites is 1. The highest BCUT2D eigenvalue weighted by Gasteiger charge is 2.37. The van der Waals surface area contributed by atoms with Gasteiger partial charge in [-0.05, 0) is 18.6 Å². The predicted octanol–water partition coefficient (Wildman–Crippen LogP) is 1.58. The molecular formula is C17H19N3O4. The summed E-state index contributed by atoms with van der Waals surface area (Å²) in [5.74, 6) is -1.14. The third-order valence-electron chi connectivity index (χ3n) is 4.23. The number of nitrogens with zero attached hydrogens (tertiary/aromatic N) is 3. The maximum atomic E-state index is 12.8. The van der Waals surface area contributed by atoms with Gasteiger partial charge in [-0.2, -0.15) is 5.10 Å². The molecule has 0 spiro atoms. The highest BCUT2D eigenvalue weighted by Crippen LogP contribution is 2.25. The average Bonchev–Trinajstić information content (AvgIpc) is 3.21. The van der Waals surface area contributed by atoms with Crippen LogP contribution in [0.1, 0.15) is 23.2 Å². The molecule has 24 heavy (non-hydrogen) atoms. The Kier molecular flexibility index (Phi) is 4.61. The first-order valence-electron chi connectivity index (χ1n) is 7.74. The van der Waals surface area contributed by atoms with Gasteiger partial charge in [-0.15, -0.1) is 0 Å². The number of hydrogen-bond donors (Lipinski definition) is 1. The van der Waals surface area contributed by atoms with Crippen molar-refractivity contribution in [3.8, 4) is 5.69 Å². The van der Waals surface area contributed by atoms with Gasteiger partial charge in [0.25, 0.3) is 5.91 Å². The molecule has 2 aromatic rings. The van der Waals surface area contributed by atoms with Crippen LogP contribution in [0.5, 0.6) is 0 Å². The molecule has 1 aromatic heterocycles. The van der Waals surface area contributed by atoms with Gasteiger partial charge in [0, 0.05) is 25.9 Å². The summed E-state index contributed by atoms with van der Waals surface area (Å²) in [6, 6.07) is 9.12. The van der Waals surface area contributed by atoms with Gasteiger partial charge in [0.05, 0.1) is 30.0 Å². The fraction of sp³-hybridized carbons (Fsp3) is 0.353. The zero-order valence-corrected chi connectivity index (χ0v) is 13.3. The third kappa shape index (κ3) is 3.30. The number of carbonyl (C=O) groups excluding carboxylic acids is 1. The van der Waals surface area contributed by atoms with E-state index in [1.165, 1.54) is 6.20 Å². The van der Waals surface area contributed by atoms with Crippen LogP contribution in [0.4, 0.5) is 0 Å². The molecule has 126 valence electrons. The molecular weight excluding hydrogens is 310 g/mol. The van der Waals surface area contributed by atoms with E-state index in [1.54, 1.807) is 22.9 Å². The Morgan fingerprint density at radius 2 is 2.08 bits per heavy atom. The molecule has 0 aliphatic carbocycles. The van der Waals surface area contributed by atoms with Crippen LogP contribution in [0.2, 0.25) is 0 Å². The van der Waals surface area contributed by atoms with Gasteiger partial charge in [0.15, 0.2) is 0 Å². The first-order chi connectivity index (χ1) is 11.6. The van der Waals surface area contributed by atoms with Crippen LogP contribution < -0.4 is 0 Å². The van der Waals surface area contributed by atoms with Crippen molar-refractivity contribution in [3.63, 3.8) is 0 Å². The van der Waals surface area contributed by atoms with Crippen molar-refractivity contribution in [2.75, 3.05) is 13.7 Å². The average molecular weight is 329 g/mol. The summed E-state index contributed by atoms with van der Waals surface area (Å²) in [6.07, 6.45) is 3.48. The van der Waals surface area contributed by atoms with Crippen molar-refractivity contribution >= 4 is 11.9 Å². The number of methoxy groups -OCH3 is 1. The molecule has 1 N–H and O–H groups in total. The van der Waals surface area contributed by atoms with E-state index >= 15 is 0 Å². The van der Waals surface area contributed by atoms with E-state index in [2.05, 4.69) is 5.10 Å². The predicted molar refractivity (Wildman–Crippen MR) is 86.1 cm³/mol. The first-order valence-corrected chi connectivity index (χ1v) is 7.74. The standard InChI is InChI=1S/C17H19N3O4/c1-24-15-7-14(8-16(21)22)19(11-15)17(23)12-9-18-20(10-12)13-5-3-2-4-6-13/h2-6,9-10,14-15H,7-8,11H2,1H3,(H,21,22). The number of aromatic nitrogens is 2. The summed E-state index contributed by atoms with van der Waals surface area (Å²) >= 11 is 0. The van der Waals surface area contributed by atoms with Crippen LogP contribution >= 0.6 is 0 Å². The second-order valence-electron chi connectivity index (χ2n) is 5.81. The third-order valence-corrected chi connectivity index (χ3v) is 4.23. The molecule has 1 fully saturated rings. The Hall–Kier alpha value is -2.67. The maximum absolute atomic E-state index is 12.8. The highest BCUT2D eigenvalue weighted by molar-refractivity contribution is 5.94. The molecule has 7 heteroatoms. The Morgan fingerprint density at radius 3 is 2.75 bits per heavy atom. The van der Waals surface area contributed by atoms with Crippen molar-refractivity contribution in [1.29, 1.82) is 0 Å². The van der Waals surface area contributed by atoms with E-state index in [1.807, 2.05) is 30.3 Å². The Bertz CT molecular complexity index is 728. The number of ether oxygens (including phenoxy) is 1. The van der Waals surface area contributed by atoms with Crippen LogP contribution in [0, 0.1) is 0 Å². The van der Waals surface area contributed by atoms with Crippen molar-refractivity contribution in [3.05, 3.63) is 48.3 Å². The molecule has 0 saturated carbocycles. The molecule has 0 radical (unpaired) electrons. The van der Waals surface area contributed by atoms with E-state index in [4.69, 9.17) is 9.84 Å². The molecule has 2 heterocycles. The largest absolute Gasteiger partial charge is 0.481 e. The van der Waals surface area contributed by atoms with Crippen LogP contribution in [-0.2, 0) is 9.53 Å². The van der Waals surface area contributed by atoms with Gasteiger partial charge in [0.1, 0.15) is 0 Å². The van der Waals surface area contributed by atoms with Gasteiger partial charge >= 0.3 is 5.97 Å². The minimum absolute atomic E-state index is 0.0849. The van der Waals surface area contributed by atoms with E-state index in [0.29, 0.717) is 18.5 Å². The summed E-state index contributed by atoms with van der Waals surface area (Å²) < 4.78 is 6.93. The lowest BCUT2D eigenvalue weighted by molar-refractivity contribution is -0.137. The lowest BCUT2D eigenvalue weighted by Gasteiger charge is -2.22. The van der Waals surface area contributed by atoms with Crippen LogP contribution in [0.15, 0.2) is 42.7 Å². The van der Waals surface area contributed by atoms with E-state index in [0.717, 1.165) is 5.69 Å². The number of amides is 1. The fourth-order valence-corrected chi connectivity index (χ4v) is 3.01. The Morgan fingerprint density at radius 1 is 1.33 bits per heavy atom. The minimum atomic E-state index is -0.922. The highest BCUT2D eigenvalue weighted by atomic mass is 16.5. The van der Waals surface area contributed by atoms with Gasteiger partial charge in [0.2, 0.25) is 0 Å². The molecule has 1 aromatic carbocycles. The quantitative estimate of drug-likeness (QED) is 0.900. The molecule has 0 bridgehead atoms. The smallest absolute Gasteiger partial charge is 0.305 e. The number of hydrogen-bond acceptors (Lipinski definition) is 4. The number of likely N-dealkylation sites (tertiary alicyclic amines) is 1. The summed E-state index contributed by atoms with van der Waals surface area (Å²) in [4.78, 5) is 25.4. The number of benzene rings is 1. The van der Waals surface area contributed by atoms with Crippen molar-refractivity contribution in [2.24, 2.45) is 0 Å². The first kappa shape index (κ1) is 16.2. The summed E-state index contributed by atoms with van der Waals surface area (Å²) in [5.41, 5.74) is 1.29. The van der Waals surface area contributed by atoms with Gasteiger partial charge in [-0.3, -0.25) is 9.59 Å². The molecule has 2 atom stereocenters. The number of rotatable bonds is 5. The summed E-state index contributed by atoms with van der Waals surface area (Å²) in [5, 5.41) is 13.3. The minimum Gasteiger partial charge on any atom is -0.481 e. The fourth-order valence-electron chi connectivity index (χ4n) is 3.01. The lowest BCUT2D eigenvalue weighted by atomic mass is 10.1. The van der Waals surface area contributed by atoms with Gasteiger partial charge in [-0.25, -0.2) is 4.68 Å². The topological polar surface area (TPSA) is 84.7 Å². The Balaban J connectivity index is 1.80. The normalized spacial score (nSPS) is 20.3. The summed E-state index contributed by atoms with van der Waals surface area (Å²) in [6.45, 7) is 0.393. The number of carbonyl (C=O) groups is 2. The zero-order valence-electron chi connectivity index (χ0n) is 13.3.